The molecule has 0 fully saturated rings. The number of carboxylic acid groups (broad SMARTS) is 1. The summed E-state index contributed by atoms with van der Waals surface area (Å²) in [7, 11) is 0. The number of phenolic OH excluding ortho intramolecular Hbond substituents is 2. The number of benzene rings is 2. The molecule has 0 unspecified atom stereocenters. The standard InChI is InChI=1S/C15H12O5/c16-11-5-2-9(3-6-11)1-4-10-7-12(17)8-13(18)14(10)15(19)20/h1-8,16-18H,(H,19,20)/b4-1+. The summed E-state index contributed by atoms with van der Waals surface area (Å²) in [6, 6.07) is 8.51. The van der Waals surface area contributed by atoms with Crippen molar-refractivity contribution >= 4 is 18.1 Å². The highest BCUT2D eigenvalue weighted by Gasteiger charge is 2.15. The minimum Gasteiger partial charge on any atom is -0.508 e. The fourth-order valence-corrected chi connectivity index (χ4v) is 1.77. The van der Waals surface area contributed by atoms with Gasteiger partial charge in [-0.15, -0.1) is 0 Å². The molecule has 5 heteroatoms. The van der Waals surface area contributed by atoms with Crippen molar-refractivity contribution in [3.8, 4) is 17.2 Å². The van der Waals surface area contributed by atoms with Gasteiger partial charge in [0, 0.05) is 6.07 Å². The molecule has 0 aromatic heterocycles. The zero-order chi connectivity index (χ0) is 14.7. The normalized spacial score (nSPS) is 10.8. The molecule has 0 aliphatic rings. The number of aromatic carboxylic acids is 1. The Kier molecular flexibility index (Phi) is 3.61. The Morgan fingerprint density at radius 1 is 0.900 bits per heavy atom. The van der Waals surface area contributed by atoms with Crippen LogP contribution >= 0.6 is 0 Å². The van der Waals surface area contributed by atoms with E-state index in [2.05, 4.69) is 0 Å². The second-order valence-corrected chi connectivity index (χ2v) is 4.16. The van der Waals surface area contributed by atoms with Gasteiger partial charge in [0.2, 0.25) is 0 Å². The van der Waals surface area contributed by atoms with Gasteiger partial charge in [0.1, 0.15) is 22.8 Å². The zero-order valence-corrected chi connectivity index (χ0v) is 10.3. The third kappa shape index (κ3) is 2.89. The summed E-state index contributed by atoms with van der Waals surface area (Å²) in [5.74, 6) is -1.88. The quantitative estimate of drug-likeness (QED) is 0.644. The van der Waals surface area contributed by atoms with Crippen molar-refractivity contribution in [2.75, 3.05) is 0 Å². The number of carbonyl (C=O) groups is 1. The highest BCUT2D eigenvalue weighted by atomic mass is 16.4. The van der Waals surface area contributed by atoms with E-state index in [9.17, 15) is 15.0 Å². The first kappa shape index (κ1) is 13.5. The van der Waals surface area contributed by atoms with Gasteiger partial charge in [-0.1, -0.05) is 24.3 Å². The fraction of sp³-hybridized carbons (Fsp3) is 0. The average Bonchev–Trinajstić information content (AvgIpc) is 2.36. The van der Waals surface area contributed by atoms with Crippen molar-refractivity contribution in [2.45, 2.75) is 0 Å². The van der Waals surface area contributed by atoms with E-state index >= 15 is 0 Å². The summed E-state index contributed by atoms with van der Waals surface area (Å²) >= 11 is 0. The van der Waals surface area contributed by atoms with E-state index in [1.54, 1.807) is 18.2 Å². The second kappa shape index (κ2) is 5.36. The highest BCUT2D eigenvalue weighted by molar-refractivity contribution is 5.96. The van der Waals surface area contributed by atoms with Gasteiger partial charge in [-0.05, 0) is 29.3 Å². The number of aromatic hydroxyl groups is 3. The predicted octanol–water partition coefficient (Wildman–Crippen LogP) is 2.67. The third-order valence-electron chi connectivity index (χ3n) is 2.70. The molecule has 0 atom stereocenters. The van der Waals surface area contributed by atoms with E-state index in [0.29, 0.717) is 0 Å². The van der Waals surface area contributed by atoms with E-state index in [4.69, 9.17) is 10.2 Å². The molecule has 0 heterocycles. The van der Waals surface area contributed by atoms with Crippen LogP contribution in [-0.4, -0.2) is 26.4 Å². The molecule has 2 rings (SSSR count). The monoisotopic (exact) mass is 272 g/mol. The first-order valence-electron chi connectivity index (χ1n) is 5.74. The Hall–Kier alpha value is -2.95. The maximum Gasteiger partial charge on any atom is 0.340 e. The van der Waals surface area contributed by atoms with Crippen LogP contribution < -0.4 is 0 Å². The summed E-state index contributed by atoms with van der Waals surface area (Å²) in [6.07, 6.45) is 3.08. The van der Waals surface area contributed by atoms with Crippen molar-refractivity contribution < 1.29 is 25.2 Å². The van der Waals surface area contributed by atoms with Gasteiger partial charge in [-0.2, -0.15) is 0 Å². The Balaban J connectivity index is 2.42. The largest absolute Gasteiger partial charge is 0.508 e. The number of hydrogen-bond acceptors (Lipinski definition) is 4. The number of rotatable bonds is 3. The van der Waals surface area contributed by atoms with Crippen molar-refractivity contribution in [1.29, 1.82) is 0 Å². The zero-order valence-electron chi connectivity index (χ0n) is 10.3. The SMILES string of the molecule is O=C(O)c1c(O)cc(O)cc1/C=C/c1ccc(O)cc1. The van der Waals surface area contributed by atoms with Crippen LogP contribution in [0.2, 0.25) is 0 Å². The maximum atomic E-state index is 11.1. The minimum atomic E-state index is -1.28. The number of phenols is 3. The molecule has 2 aromatic carbocycles. The molecule has 0 aliphatic carbocycles. The molecular weight excluding hydrogens is 260 g/mol. The van der Waals surface area contributed by atoms with Gasteiger partial charge in [0.15, 0.2) is 0 Å². The molecule has 0 saturated carbocycles. The Morgan fingerprint density at radius 3 is 2.15 bits per heavy atom. The van der Waals surface area contributed by atoms with E-state index in [1.807, 2.05) is 0 Å². The van der Waals surface area contributed by atoms with Gasteiger partial charge in [-0.25, -0.2) is 4.79 Å². The minimum absolute atomic E-state index is 0.128. The van der Waals surface area contributed by atoms with Crippen LogP contribution in [0.5, 0.6) is 17.2 Å². The molecular formula is C15H12O5. The molecule has 0 aliphatic heterocycles. The summed E-state index contributed by atoms with van der Waals surface area (Å²) in [5, 5.41) is 37.2. The Morgan fingerprint density at radius 2 is 1.55 bits per heavy atom. The van der Waals surface area contributed by atoms with Crippen LogP contribution in [-0.2, 0) is 0 Å². The van der Waals surface area contributed by atoms with Crippen LogP contribution in [0.25, 0.3) is 12.2 Å². The average molecular weight is 272 g/mol. The van der Waals surface area contributed by atoms with Crippen LogP contribution in [0.15, 0.2) is 36.4 Å². The van der Waals surface area contributed by atoms with E-state index < -0.39 is 11.7 Å². The summed E-state index contributed by atoms with van der Waals surface area (Å²) in [4.78, 5) is 11.1. The molecule has 102 valence electrons. The number of hydrogen-bond donors (Lipinski definition) is 4. The van der Waals surface area contributed by atoms with Crippen LogP contribution in [0.4, 0.5) is 0 Å². The van der Waals surface area contributed by atoms with Gasteiger partial charge in [0.25, 0.3) is 0 Å². The molecule has 0 bridgehead atoms. The third-order valence-corrected chi connectivity index (χ3v) is 2.70. The van der Waals surface area contributed by atoms with E-state index in [0.717, 1.165) is 11.6 Å². The van der Waals surface area contributed by atoms with Crippen molar-refractivity contribution in [3.05, 3.63) is 53.1 Å². The lowest BCUT2D eigenvalue weighted by Crippen LogP contribution is -2.00. The van der Waals surface area contributed by atoms with Crippen LogP contribution in [0, 0.1) is 0 Å². The lowest BCUT2D eigenvalue weighted by molar-refractivity contribution is 0.0693. The van der Waals surface area contributed by atoms with Crippen LogP contribution in [0.3, 0.4) is 0 Å². The molecule has 5 nitrogen and oxygen atoms in total. The lowest BCUT2D eigenvalue weighted by Gasteiger charge is -2.05. The summed E-state index contributed by atoms with van der Waals surface area (Å²) in [6.45, 7) is 0. The fourth-order valence-electron chi connectivity index (χ4n) is 1.77. The lowest BCUT2D eigenvalue weighted by atomic mass is 10.0. The van der Waals surface area contributed by atoms with Crippen molar-refractivity contribution in [2.24, 2.45) is 0 Å². The van der Waals surface area contributed by atoms with Crippen molar-refractivity contribution in [1.82, 2.24) is 0 Å². The smallest absolute Gasteiger partial charge is 0.340 e. The Labute approximate surface area is 114 Å². The summed E-state index contributed by atoms with van der Waals surface area (Å²) in [5.41, 5.74) is 0.642. The Bertz CT molecular complexity index is 671. The molecule has 4 N–H and O–H groups in total. The van der Waals surface area contributed by atoms with Crippen LogP contribution in [0.1, 0.15) is 21.5 Å². The second-order valence-electron chi connectivity index (χ2n) is 4.16. The highest BCUT2D eigenvalue weighted by Crippen LogP contribution is 2.28. The molecule has 2 aromatic rings. The molecule has 0 amide bonds. The van der Waals surface area contributed by atoms with Gasteiger partial charge in [-0.3, -0.25) is 0 Å². The first-order valence-corrected chi connectivity index (χ1v) is 5.74. The van der Waals surface area contributed by atoms with E-state index in [1.165, 1.54) is 24.3 Å². The maximum absolute atomic E-state index is 11.1. The topological polar surface area (TPSA) is 98.0 Å². The first-order chi connectivity index (χ1) is 9.47. The summed E-state index contributed by atoms with van der Waals surface area (Å²) < 4.78 is 0. The molecule has 0 saturated heterocycles. The van der Waals surface area contributed by atoms with Gasteiger partial charge in [0.05, 0.1) is 0 Å². The van der Waals surface area contributed by atoms with Gasteiger partial charge < -0.3 is 20.4 Å². The predicted molar refractivity (Wildman–Crippen MR) is 73.8 cm³/mol. The number of carboxylic acids is 1. The van der Waals surface area contributed by atoms with Crippen molar-refractivity contribution in [3.63, 3.8) is 0 Å². The molecule has 0 spiro atoms. The van der Waals surface area contributed by atoms with Gasteiger partial charge >= 0.3 is 5.97 Å². The van der Waals surface area contributed by atoms with E-state index in [-0.39, 0.29) is 22.6 Å². The molecule has 0 radical (unpaired) electrons. The molecule has 20 heavy (non-hydrogen) atoms.